The second-order valence-corrected chi connectivity index (χ2v) is 6.68. The number of anilines is 3. The molecule has 0 unspecified atom stereocenters. The molecule has 28 heavy (non-hydrogen) atoms. The maximum atomic E-state index is 13.1. The lowest BCUT2D eigenvalue weighted by molar-refractivity contribution is 0.0746. The van der Waals surface area contributed by atoms with Crippen molar-refractivity contribution in [1.29, 1.82) is 0 Å². The highest BCUT2D eigenvalue weighted by Gasteiger charge is 2.22. The van der Waals surface area contributed by atoms with Gasteiger partial charge in [0.15, 0.2) is 0 Å². The van der Waals surface area contributed by atoms with E-state index in [0.717, 1.165) is 24.5 Å². The van der Waals surface area contributed by atoms with E-state index in [4.69, 9.17) is 0 Å². The normalized spacial score (nSPS) is 14.0. The maximum absolute atomic E-state index is 13.1. The van der Waals surface area contributed by atoms with E-state index < -0.39 is 0 Å². The number of hydrogen-bond acceptors (Lipinski definition) is 4. The van der Waals surface area contributed by atoms with Crippen LogP contribution in [0.1, 0.15) is 10.4 Å². The number of para-hydroxylation sites is 1. The molecule has 0 spiro atoms. The predicted molar refractivity (Wildman–Crippen MR) is 108 cm³/mol. The summed E-state index contributed by atoms with van der Waals surface area (Å²) in [6.45, 7) is 2.69. The van der Waals surface area contributed by atoms with Crippen LogP contribution < -0.4 is 10.2 Å². The summed E-state index contributed by atoms with van der Waals surface area (Å²) in [6.07, 6.45) is 1.65. The van der Waals surface area contributed by atoms with Crippen LogP contribution in [-0.4, -0.2) is 42.0 Å². The Morgan fingerprint density at radius 2 is 1.64 bits per heavy atom. The first-order valence-electron chi connectivity index (χ1n) is 9.27. The zero-order chi connectivity index (χ0) is 19.3. The summed E-state index contributed by atoms with van der Waals surface area (Å²) in [5.74, 6) is 0.398. The van der Waals surface area contributed by atoms with Crippen LogP contribution in [0.4, 0.5) is 21.6 Å². The topological polar surface area (TPSA) is 48.5 Å². The number of hydrogen-bond donors (Lipinski definition) is 1. The SMILES string of the molecule is O=C(c1ccnc(Nc2ccccc2)c1)N1CCN(c2ccc(F)cc2)CC1. The number of pyridine rings is 1. The molecule has 142 valence electrons. The molecule has 1 amide bonds. The molecule has 5 nitrogen and oxygen atoms in total. The quantitative estimate of drug-likeness (QED) is 0.750. The highest BCUT2D eigenvalue weighted by Crippen LogP contribution is 2.19. The van der Waals surface area contributed by atoms with Gasteiger partial charge in [-0.15, -0.1) is 0 Å². The molecule has 1 saturated heterocycles. The zero-order valence-corrected chi connectivity index (χ0v) is 15.4. The van der Waals surface area contributed by atoms with Gasteiger partial charge in [0.2, 0.25) is 0 Å². The van der Waals surface area contributed by atoms with Crippen molar-refractivity contribution in [2.75, 3.05) is 36.4 Å². The molecular formula is C22H21FN4O. The van der Waals surface area contributed by atoms with E-state index in [2.05, 4.69) is 15.2 Å². The van der Waals surface area contributed by atoms with Crippen LogP contribution >= 0.6 is 0 Å². The fourth-order valence-electron chi connectivity index (χ4n) is 3.30. The summed E-state index contributed by atoms with van der Waals surface area (Å²) in [5, 5.41) is 3.21. The van der Waals surface area contributed by atoms with Crippen molar-refractivity contribution in [1.82, 2.24) is 9.88 Å². The van der Waals surface area contributed by atoms with Gasteiger partial charge in [-0.05, 0) is 48.5 Å². The van der Waals surface area contributed by atoms with Gasteiger partial charge in [0.05, 0.1) is 0 Å². The summed E-state index contributed by atoms with van der Waals surface area (Å²) in [5.41, 5.74) is 2.52. The van der Waals surface area contributed by atoms with Gasteiger partial charge in [-0.2, -0.15) is 0 Å². The number of piperazine rings is 1. The lowest BCUT2D eigenvalue weighted by Crippen LogP contribution is -2.48. The van der Waals surface area contributed by atoms with E-state index >= 15 is 0 Å². The Morgan fingerprint density at radius 1 is 0.929 bits per heavy atom. The van der Waals surface area contributed by atoms with Crippen LogP contribution in [0.2, 0.25) is 0 Å². The van der Waals surface area contributed by atoms with Gasteiger partial charge < -0.3 is 15.1 Å². The van der Waals surface area contributed by atoms with Crippen LogP contribution in [-0.2, 0) is 0 Å². The number of carbonyl (C=O) groups is 1. The summed E-state index contributed by atoms with van der Waals surface area (Å²) >= 11 is 0. The van der Waals surface area contributed by atoms with Crippen molar-refractivity contribution in [3.63, 3.8) is 0 Å². The monoisotopic (exact) mass is 376 g/mol. The van der Waals surface area contributed by atoms with E-state index in [-0.39, 0.29) is 11.7 Å². The molecule has 1 aliphatic rings. The minimum Gasteiger partial charge on any atom is -0.368 e. The Bertz CT molecular complexity index is 938. The van der Waals surface area contributed by atoms with Crippen molar-refractivity contribution in [2.45, 2.75) is 0 Å². The third kappa shape index (κ3) is 4.11. The van der Waals surface area contributed by atoms with Crippen molar-refractivity contribution in [3.8, 4) is 0 Å². The minimum atomic E-state index is -0.241. The van der Waals surface area contributed by atoms with Gasteiger partial charge in [-0.1, -0.05) is 18.2 Å². The van der Waals surface area contributed by atoms with Gasteiger partial charge >= 0.3 is 0 Å². The molecule has 0 bridgehead atoms. The highest BCUT2D eigenvalue weighted by atomic mass is 19.1. The lowest BCUT2D eigenvalue weighted by Gasteiger charge is -2.36. The van der Waals surface area contributed by atoms with Crippen molar-refractivity contribution in [3.05, 3.63) is 84.3 Å². The van der Waals surface area contributed by atoms with Gasteiger partial charge in [-0.25, -0.2) is 9.37 Å². The van der Waals surface area contributed by atoms with E-state index in [1.54, 1.807) is 30.5 Å². The second kappa shape index (κ2) is 8.08. The lowest BCUT2D eigenvalue weighted by atomic mass is 10.2. The number of nitrogens with zero attached hydrogens (tertiary/aromatic N) is 3. The van der Waals surface area contributed by atoms with Crippen molar-refractivity contribution in [2.24, 2.45) is 0 Å². The standard InChI is InChI=1S/C22H21FN4O/c23-18-6-8-20(9-7-18)26-12-14-27(15-13-26)22(28)17-10-11-24-21(16-17)25-19-4-2-1-3-5-19/h1-11,16H,12-15H2,(H,24,25). The van der Waals surface area contributed by atoms with Crippen LogP contribution in [0, 0.1) is 5.82 Å². The summed E-state index contributed by atoms with van der Waals surface area (Å²) in [7, 11) is 0. The molecule has 3 aromatic rings. The Morgan fingerprint density at radius 3 is 2.36 bits per heavy atom. The van der Waals surface area contributed by atoms with E-state index in [1.165, 1.54) is 12.1 Å². The molecule has 6 heteroatoms. The molecule has 4 rings (SSSR count). The molecule has 0 saturated carbocycles. The minimum absolute atomic E-state index is 0.00253. The number of halogens is 1. The number of benzene rings is 2. The van der Waals surface area contributed by atoms with Crippen molar-refractivity contribution >= 4 is 23.1 Å². The average Bonchev–Trinajstić information content (AvgIpc) is 2.75. The predicted octanol–water partition coefficient (Wildman–Crippen LogP) is 3.93. The number of amides is 1. The van der Waals surface area contributed by atoms with Crippen molar-refractivity contribution < 1.29 is 9.18 Å². The zero-order valence-electron chi connectivity index (χ0n) is 15.4. The third-order valence-corrected chi connectivity index (χ3v) is 4.81. The molecule has 1 aromatic heterocycles. The Kier molecular flexibility index (Phi) is 5.19. The molecule has 1 fully saturated rings. The van der Waals surface area contributed by atoms with Crippen LogP contribution in [0.3, 0.4) is 0 Å². The number of nitrogens with one attached hydrogen (secondary N) is 1. The smallest absolute Gasteiger partial charge is 0.254 e. The summed E-state index contributed by atoms with van der Waals surface area (Å²) in [4.78, 5) is 21.2. The molecule has 0 radical (unpaired) electrons. The van der Waals surface area contributed by atoms with Gasteiger partial charge in [0, 0.05) is 49.3 Å². The summed E-state index contributed by atoms with van der Waals surface area (Å²) in [6, 6.07) is 19.7. The van der Waals surface area contributed by atoms with Crippen LogP contribution in [0.5, 0.6) is 0 Å². The van der Waals surface area contributed by atoms with Gasteiger partial charge in [0.25, 0.3) is 5.91 Å². The van der Waals surface area contributed by atoms with Gasteiger partial charge in [-0.3, -0.25) is 4.79 Å². The van der Waals surface area contributed by atoms with E-state index in [9.17, 15) is 9.18 Å². The largest absolute Gasteiger partial charge is 0.368 e. The average molecular weight is 376 g/mol. The number of aromatic nitrogens is 1. The van der Waals surface area contributed by atoms with Gasteiger partial charge in [0.1, 0.15) is 11.6 Å². The first kappa shape index (κ1) is 18.0. The third-order valence-electron chi connectivity index (χ3n) is 4.81. The number of rotatable bonds is 4. The molecule has 0 atom stereocenters. The fraction of sp³-hybridized carbons (Fsp3) is 0.182. The van der Waals surface area contributed by atoms with Crippen LogP contribution in [0.25, 0.3) is 0 Å². The molecular weight excluding hydrogens is 355 g/mol. The molecule has 1 N–H and O–H groups in total. The highest BCUT2D eigenvalue weighted by molar-refractivity contribution is 5.95. The second-order valence-electron chi connectivity index (χ2n) is 6.68. The molecule has 2 aromatic carbocycles. The molecule has 0 aliphatic carbocycles. The Balaban J connectivity index is 1.40. The Hall–Kier alpha value is -3.41. The molecule has 2 heterocycles. The van der Waals surface area contributed by atoms with E-state index in [0.29, 0.717) is 24.5 Å². The van der Waals surface area contributed by atoms with E-state index in [1.807, 2.05) is 35.2 Å². The first-order chi connectivity index (χ1) is 13.7. The first-order valence-corrected chi connectivity index (χ1v) is 9.27. The Labute approximate surface area is 163 Å². The maximum Gasteiger partial charge on any atom is 0.254 e. The number of carbonyl (C=O) groups excluding carboxylic acids is 1. The fourth-order valence-corrected chi connectivity index (χ4v) is 3.30. The van der Waals surface area contributed by atoms with Crippen LogP contribution in [0.15, 0.2) is 72.9 Å². The molecule has 1 aliphatic heterocycles. The summed E-state index contributed by atoms with van der Waals surface area (Å²) < 4.78 is 13.1.